The van der Waals surface area contributed by atoms with E-state index in [0.29, 0.717) is 4.31 Å². The van der Waals surface area contributed by atoms with E-state index in [1.165, 1.54) is 14.1 Å². The Morgan fingerprint density at radius 3 is 2.42 bits per heavy atom. The summed E-state index contributed by atoms with van der Waals surface area (Å²) in [6.07, 6.45) is -0.802. The van der Waals surface area contributed by atoms with Crippen LogP contribution in [0.4, 0.5) is 4.79 Å². The van der Waals surface area contributed by atoms with Crippen molar-refractivity contribution in [1.82, 2.24) is 8.61 Å². The zero-order chi connectivity index (χ0) is 9.35. The Labute approximate surface area is 70.9 Å². The van der Waals surface area contributed by atoms with Crippen molar-refractivity contribution in [2.24, 2.45) is 0 Å². The molecule has 0 atom stereocenters. The highest BCUT2D eigenvalue weighted by atomic mass is 32.2. The average molecular weight is 194 g/mol. The number of amides is 1. The summed E-state index contributed by atoms with van der Waals surface area (Å²) in [7, 11) is -0.910. The smallest absolute Gasteiger partial charge is 0.424 e. The Bertz CT molecular complexity index is 284. The lowest BCUT2D eigenvalue weighted by atomic mass is 10.7. The molecule has 0 unspecified atom stereocenters. The summed E-state index contributed by atoms with van der Waals surface area (Å²) >= 11 is 0. The van der Waals surface area contributed by atoms with Gasteiger partial charge in [-0.2, -0.15) is 17.0 Å². The van der Waals surface area contributed by atoms with Crippen molar-refractivity contribution in [3.8, 4) is 0 Å². The quantitative estimate of drug-likeness (QED) is 0.579. The largest absolute Gasteiger partial charge is 0.447 e. The van der Waals surface area contributed by atoms with Gasteiger partial charge in [-0.3, -0.25) is 0 Å². The Hall–Kier alpha value is -0.820. The molecule has 0 spiro atoms. The lowest BCUT2D eigenvalue weighted by Gasteiger charge is -2.17. The Morgan fingerprint density at radius 2 is 2.08 bits per heavy atom. The molecule has 1 heterocycles. The van der Waals surface area contributed by atoms with Crippen molar-refractivity contribution >= 4 is 16.3 Å². The van der Waals surface area contributed by atoms with Gasteiger partial charge >= 0.3 is 16.3 Å². The minimum Gasteiger partial charge on any atom is -0.447 e. The summed E-state index contributed by atoms with van der Waals surface area (Å²) < 4.78 is 28.7. The normalized spacial score (nSPS) is 18.6. The van der Waals surface area contributed by atoms with E-state index < -0.39 is 16.3 Å². The van der Waals surface area contributed by atoms with Crippen LogP contribution >= 0.6 is 0 Å². The van der Waals surface area contributed by atoms with Crippen molar-refractivity contribution in [3.05, 3.63) is 0 Å². The van der Waals surface area contributed by atoms with Crippen LogP contribution in [-0.4, -0.2) is 50.4 Å². The summed E-state index contributed by atoms with van der Waals surface area (Å²) in [6, 6.07) is 0. The molecule has 0 N–H and O–H groups in total. The molecule has 70 valence electrons. The Kier molecular flexibility index (Phi) is 2.25. The first kappa shape index (κ1) is 9.27. The molecule has 1 aliphatic heterocycles. The zero-order valence-corrected chi connectivity index (χ0v) is 7.67. The third kappa shape index (κ3) is 1.37. The van der Waals surface area contributed by atoms with Crippen molar-refractivity contribution in [1.29, 1.82) is 0 Å². The molecule has 0 radical (unpaired) electrons. The maximum Gasteiger partial charge on any atom is 0.424 e. The number of carbonyl (C=O) groups is 1. The number of hydrogen-bond acceptors (Lipinski definition) is 4. The highest BCUT2D eigenvalue weighted by Gasteiger charge is 2.34. The summed E-state index contributed by atoms with van der Waals surface area (Å²) in [5.41, 5.74) is 0. The first-order valence-corrected chi connectivity index (χ1v) is 4.73. The van der Waals surface area contributed by atoms with Crippen LogP contribution in [0.1, 0.15) is 0 Å². The van der Waals surface area contributed by atoms with E-state index in [4.69, 9.17) is 0 Å². The number of rotatable bonds is 2. The first-order valence-electron chi connectivity index (χ1n) is 3.33. The fourth-order valence-corrected chi connectivity index (χ4v) is 1.73. The molecule has 0 aromatic carbocycles. The third-order valence-electron chi connectivity index (χ3n) is 1.46. The van der Waals surface area contributed by atoms with Crippen LogP contribution in [0, 0.1) is 0 Å². The van der Waals surface area contributed by atoms with E-state index >= 15 is 0 Å². The van der Waals surface area contributed by atoms with Crippen molar-refractivity contribution in [2.45, 2.75) is 0 Å². The highest BCUT2D eigenvalue weighted by Crippen LogP contribution is 2.11. The maximum absolute atomic E-state index is 11.3. The number of cyclic esters (lactones) is 1. The summed E-state index contributed by atoms with van der Waals surface area (Å²) in [6.45, 7) is 0.227. The van der Waals surface area contributed by atoms with Gasteiger partial charge in [0.2, 0.25) is 0 Å². The van der Waals surface area contributed by atoms with E-state index in [2.05, 4.69) is 4.74 Å². The van der Waals surface area contributed by atoms with Gasteiger partial charge in [-0.15, -0.1) is 0 Å². The fraction of sp³-hybridized carbons (Fsp3) is 0.800. The average Bonchev–Trinajstić information content (AvgIpc) is 2.35. The molecule has 7 heteroatoms. The molecule has 1 aliphatic rings. The molecule has 6 nitrogen and oxygen atoms in total. The molecule has 0 bridgehead atoms. The molecule has 1 rings (SSSR count). The first-order chi connectivity index (χ1) is 5.46. The van der Waals surface area contributed by atoms with E-state index in [0.717, 1.165) is 4.31 Å². The summed E-state index contributed by atoms with van der Waals surface area (Å²) in [5.74, 6) is 0. The SMILES string of the molecule is CN(C)S(=O)(=O)N1CCOC1=O. The Balaban J connectivity index is 2.89. The van der Waals surface area contributed by atoms with E-state index in [1.807, 2.05) is 0 Å². The maximum atomic E-state index is 11.3. The van der Waals surface area contributed by atoms with Gasteiger partial charge in [0.1, 0.15) is 6.61 Å². The minimum atomic E-state index is -3.63. The predicted octanol–water partition coefficient (Wildman–Crippen LogP) is -0.755. The van der Waals surface area contributed by atoms with Crippen LogP contribution in [0.25, 0.3) is 0 Å². The molecule has 1 fully saturated rings. The number of carbonyl (C=O) groups excluding carboxylic acids is 1. The van der Waals surface area contributed by atoms with Gasteiger partial charge in [0.25, 0.3) is 0 Å². The second kappa shape index (κ2) is 2.91. The van der Waals surface area contributed by atoms with Crippen LogP contribution in [0.3, 0.4) is 0 Å². The zero-order valence-electron chi connectivity index (χ0n) is 6.85. The van der Waals surface area contributed by atoms with Gasteiger partial charge in [0.15, 0.2) is 0 Å². The van der Waals surface area contributed by atoms with Crippen molar-refractivity contribution in [3.63, 3.8) is 0 Å². The molecule has 0 aliphatic carbocycles. The van der Waals surface area contributed by atoms with Gasteiger partial charge < -0.3 is 4.74 Å². The minimum absolute atomic E-state index is 0.0966. The lowest BCUT2D eigenvalue weighted by molar-refractivity contribution is 0.169. The number of nitrogens with zero attached hydrogens (tertiary/aromatic N) is 2. The number of ether oxygens (including phenoxy) is 1. The Morgan fingerprint density at radius 1 is 1.50 bits per heavy atom. The molecule has 1 amide bonds. The van der Waals surface area contributed by atoms with E-state index in [1.54, 1.807) is 0 Å². The van der Waals surface area contributed by atoms with Gasteiger partial charge in [0.05, 0.1) is 6.54 Å². The van der Waals surface area contributed by atoms with Crippen molar-refractivity contribution < 1.29 is 17.9 Å². The molecule has 0 saturated carbocycles. The van der Waals surface area contributed by atoms with Gasteiger partial charge in [-0.1, -0.05) is 0 Å². The monoisotopic (exact) mass is 194 g/mol. The predicted molar refractivity (Wildman–Crippen MR) is 40.7 cm³/mol. The van der Waals surface area contributed by atoms with Crippen LogP contribution in [0.5, 0.6) is 0 Å². The van der Waals surface area contributed by atoms with Crippen molar-refractivity contribution in [2.75, 3.05) is 27.2 Å². The molecule has 1 saturated heterocycles. The van der Waals surface area contributed by atoms with E-state index in [9.17, 15) is 13.2 Å². The molecule has 0 aromatic rings. The fourth-order valence-electron chi connectivity index (χ4n) is 0.786. The molecule has 12 heavy (non-hydrogen) atoms. The summed E-state index contributed by atoms with van der Waals surface area (Å²) in [5, 5.41) is 0. The van der Waals surface area contributed by atoms with Gasteiger partial charge in [-0.25, -0.2) is 4.79 Å². The second-order valence-corrected chi connectivity index (χ2v) is 4.54. The molecule has 0 aromatic heterocycles. The standard InChI is InChI=1S/C5H10N2O4S/c1-6(2)12(9,10)7-3-4-11-5(7)8/h3-4H2,1-2H3. The van der Waals surface area contributed by atoms with Crippen LogP contribution in [-0.2, 0) is 14.9 Å². The van der Waals surface area contributed by atoms with Crippen LogP contribution in [0.2, 0.25) is 0 Å². The molecular formula is C5H10N2O4S. The summed E-state index contributed by atoms with van der Waals surface area (Å²) in [4.78, 5) is 10.8. The van der Waals surface area contributed by atoms with E-state index in [-0.39, 0.29) is 13.2 Å². The van der Waals surface area contributed by atoms with Gasteiger partial charge in [0, 0.05) is 14.1 Å². The van der Waals surface area contributed by atoms with Crippen LogP contribution < -0.4 is 0 Å². The lowest BCUT2D eigenvalue weighted by Crippen LogP contribution is -2.40. The molecular weight excluding hydrogens is 184 g/mol. The number of hydrogen-bond donors (Lipinski definition) is 0. The van der Waals surface area contributed by atoms with Crippen LogP contribution in [0.15, 0.2) is 0 Å². The topological polar surface area (TPSA) is 66.9 Å². The third-order valence-corrected chi connectivity index (χ3v) is 3.28. The highest BCUT2D eigenvalue weighted by molar-refractivity contribution is 7.87. The second-order valence-electron chi connectivity index (χ2n) is 2.48. The van der Waals surface area contributed by atoms with Gasteiger partial charge in [-0.05, 0) is 0 Å².